The van der Waals surface area contributed by atoms with Gasteiger partial charge in [0, 0.05) is 0 Å². The molecule has 8 heteroatoms. The van der Waals surface area contributed by atoms with E-state index in [1.54, 1.807) is 0 Å². The van der Waals surface area contributed by atoms with Crippen LogP contribution in [0.1, 0.15) is 124 Å². The maximum absolute atomic E-state index is 12.6. The molecule has 2 rings (SSSR count). The minimum Gasteiger partial charge on any atom is -0.478 e. The second kappa shape index (κ2) is 20.2. The van der Waals surface area contributed by atoms with Crippen LogP contribution in [0.15, 0.2) is 58.3 Å². The predicted molar refractivity (Wildman–Crippen MR) is 170 cm³/mol. The van der Waals surface area contributed by atoms with Crippen molar-refractivity contribution in [3.63, 3.8) is 0 Å². The Kier molecular flexibility index (Phi) is 18.0. The summed E-state index contributed by atoms with van der Waals surface area (Å²) < 4.78 is 26.3. The van der Waals surface area contributed by atoms with E-state index in [4.69, 9.17) is 10.2 Å². The van der Waals surface area contributed by atoms with Crippen LogP contribution in [-0.2, 0) is 9.84 Å². The van der Waals surface area contributed by atoms with Crippen molar-refractivity contribution in [3.8, 4) is 0 Å². The molecule has 42 heavy (non-hydrogen) atoms. The lowest BCUT2D eigenvalue weighted by Gasteiger charge is -2.28. The first-order valence-corrected chi connectivity index (χ1v) is 17.2. The molecule has 0 radical (unpaired) electrons. The van der Waals surface area contributed by atoms with Crippen molar-refractivity contribution in [2.75, 3.05) is 27.2 Å². The SMILES string of the molecule is CCCCCCCCCCCCCCCC[N+](C)(C)CC.O=C(O)c1ccccc1S(=O)(=O)c1ccccc1C(=O)O. The van der Waals surface area contributed by atoms with E-state index >= 15 is 0 Å². The number of rotatable bonds is 20. The first-order chi connectivity index (χ1) is 20.0. The molecule has 0 aliphatic heterocycles. The fourth-order valence-corrected chi connectivity index (χ4v) is 6.41. The molecule has 0 unspecified atom stereocenters. The van der Waals surface area contributed by atoms with E-state index in [-0.39, 0.29) is 0 Å². The Bertz CT molecular complexity index is 1110. The van der Waals surface area contributed by atoms with Gasteiger partial charge in [0.1, 0.15) is 0 Å². The van der Waals surface area contributed by atoms with Crippen LogP contribution in [0.3, 0.4) is 0 Å². The molecular weight excluding hydrogens is 550 g/mol. The summed E-state index contributed by atoms with van der Waals surface area (Å²) in [6, 6.07) is 10.1. The molecule has 0 amide bonds. The van der Waals surface area contributed by atoms with Gasteiger partial charge in [0.25, 0.3) is 0 Å². The second-order valence-corrected chi connectivity index (χ2v) is 13.6. The summed E-state index contributed by atoms with van der Waals surface area (Å²) >= 11 is 0. The number of carbonyl (C=O) groups is 2. The number of nitrogens with zero attached hydrogens (tertiary/aromatic N) is 1. The molecule has 7 nitrogen and oxygen atoms in total. The lowest BCUT2D eigenvalue weighted by molar-refractivity contribution is -0.888. The van der Waals surface area contributed by atoms with Crippen molar-refractivity contribution in [1.29, 1.82) is 0 Å². The minimum atomic E-state index is -4.25. The molecule has 0 heterocycles. The van der Waals surface area contributed by atoms with E-state index in [1.165, 1.54) is 132 Å². The van der Waals surface area contributed by atoms with Crippen LogP contribution in [0.5, 0.6) is 0 Å². The summed E-state index contributed by atoms with van der Waals surface area (Å²) in [5.41, 5.74) is -0.810. The highest BCUT2D eigenvalue weighted by molar-refractivity contribution is 7.91. The molecule has 2 N–H and O–H groups in total. The van der Waals surface area contributed by atoms with Crippen molar-refractivity contribution in [3.05, 3.63) is 59.7 Å². The average molecular weight is 605 g/mol. The molecule has 0 spiro atoms. The Morgan fingerprint density at radius 1 is 0.595 bits per heavy atom. The Morgan fingerprint density at radius 3 is 1.26 bits per heavy atom. The van der Waals surface area contributed by atoms with Gasteiger partial charge < -0.3 is 14.7 Å². The van der Waals surface area contributed by atoms with Crippen LogP contribution in [0, 0.1) is 0 Å². The summed E-state index contributed by atoms with van der Waals surface area (Å²) in [5, 5.41) is 18.1. The summed E-state index contributed by atoms with van der Waals surface area (Å²) in [6.07, 6.45) is 20.4. The highest BCUT2D eigenvalue weighted by atomic mass is 32.2. The fourth-order valence-electron chi connectivity index (χ4n) is 4.77. The molecule has 2 aromatic carbocycles. The summed E-state index contributed by atoms with van der Waals surface area (Å²) in [7, 11) is 0.447. The largest absolute Gasteiger partial charge is 0.478 e. The van der Waals surface area contributed by atoms with Crippen molar-refractivity contribution in [2.24, 2.45) is 0 Å². The van der Waals surface area contributed by atoms with Crippen molar-refractivity contribution >= 4 is 21.8 Å². The Balaban J connectivity index is 0.000000420. The first-order valence-electron chi connectivity index (χ1n) is 15.7. The van der Waals surface area contributed by atoms with Gasteiger partial charge in [-0.15, -0.1) is 0 Å². The maximum atomic E-state index is 12.6. The van der Waals surface area contributed by atoms with Crippen LogP contribution in [0.25, 0.3) is 0 Å². The summed E-state index contributed by atoms with van der Waals surface area (Å²) in [5.74, 6) is -2.80. The van der Waals surface area contributed by atoms with Crippen LogP contribution < -0.4 is 0 Å². The van der Waals surface area contributed by atoms with E-state index in [0.717, 1.165) is 24.3 Å². The van der Waals surface area contributed by atoms with E-state index < -0.39 is 42.7 Å². The van der Waals surface area contributed by atoms with Crippen LogP contribution in [0.4, 0.5) is 0 Å². The average Bonchev–Trinajstić information content (AvgIpc) is 2.97. The number of aromatic carboxylic acids is 2. The van der Waals surface area contributed by atoms with E-state index in [1.807, 2.05) is 0 Å². The molecule has 0 aliphatic rings. The zero-order valence-electron chi connectivity index (χ0n) is 26.3. The molecular formula is C34H54NO6S+. The Labute approximate surface area is 254 Å². The summed E-state index contributed by atoms with van der Waals surface area (Å²) in [6.45, 7) is 7.21. The third-order valence-electron chi connectivity index (χ3n) is 7.79. The number of benzene rings is 2. The first kappa shape index (κ1) is 37.3. The van der Waals surface area contributed by atoms with Gasteiger partial charge in [-0.1, -0.05) is 108 Å². The van der Waals surface area contributed by atoms with Gasteiger partial charge in [0.2, 0.25) is 9.84 Å². The van der Waals surface area contributed by atoms with Gasteiger partial charge in [-0.2, -0.15) is 0 Å². The molecule has 0 aliphatic carbocycles. The Morgan fingerprint density at radius 2 is 0.929 bits per heavy atom. The molecule has 0 saturated carbocycles. The minimum absolute atomic E-state index is 0.405. The van der Waals surface area contributed by atoms with Gasteiger partial charge in [0.15, 0.2) is 0 Å². The number of carboxylic acid groups (broad SMARTS) is 2. The van der Waals surface area contributed by atoms with Crippen LogP contribution >= 0.6 is 0 Å². The van der Waals surface area contributed by atoms with Gasteiger partial charge in [-0.25, -0.2) is 18.0 Å². The Hall–Kier alpha value is -2.71. The molecule has 0 atom stereocenters. The predicted octanol–water partition coefficient (Wildman–Crippen LogP) is 8.48. The van der Waals surface area contributed by atoms with Gasteiger partial charge in [-0.3, -0.25) is 0 Å². The van der Waals surface area contributed by atoms with Gasteiger partial charge in [-0.05, 0) is 44.0 Å². The number of sulfone groups is 1. The van der Waals surface area contributed by atoms with Crippen LogP contribution in [-0.4, -0.2) is 62.2 Å². The number of hydrogen-bond donors (Lipinski definition) is 2. The second-order valence-electron chi connectivity index (χ2n) is 11.7. The van der Waals surface area contributed by atoms with E-state index in [2.05, 4.69) is 27.9 Å². The number of quaternary nitrogens is 1. The molecule has 0 saturated heterocycles. The van der Waals surface area contributed by atoms with Crippen molar-refractivity contribution in [2.45, 2.75) is 114 Å². The van der Waals surface area contributed by atoms with E-state index in [0.29, 0.717) is 0 Å². The van der Waals surface area contributed by atoms with Gasteiger partial charge >= 0.3 is 11.9 Å². The molecule has 0 aromatic heterocycles. The lowest BCUT2D eigenvalue weighted by Crippen LogP contribution is -2.39. The topological polar surface area (TPSA) is 109 Å². The molecule has 0 bridgehead atoms. The highest BCUT2D eigenvalue weighted by Gasteiger charge is 2.28. The van der Waals surface area contributed by atoms with Gasteiger partial charge in [0.05, 0.1) is 48.1 Å². The number of carboxylic acids is 2. The van der Waals surface area contributed by atoms with Crippen molar-refractivity contribution in [1.82, 2.24) is 0 Å². The number of unbranched alkanes of at least 4 members (excludes halogenated alkanes) is 13. The molecule has 2 aromatic rings. The quantitative estimate of drug-likeness (QED) is 0.116. The maximum Gasteiger partial charge on any atom is 0.337 e. The zero-order chi connectivity index (χ0) is 31.4. The lowest BCUT2D eigenvalue weighted by atomic mass is 10.0. The molecule has 236 valence electrons. The van der Waals surface area contributed by atoms with Crippen molar-refractivity contribution < 1.29 is 32.7 Å². The number of hydrogen-bond acceptors (Lipinski definition) is 4. The monoisotopic (exact) mass is 604 g/mol. The highest BCUT2D eigenvalue weighted by Crippen LogP contribution is 2.27. The molecule has 0 fully saturated rings. The van der Waals surface area contributed by atoms with E-state index in [9.17, 15) is 18.0 Å². The van der Waals surface area contributed by atoms with Crippen LogP contribution in [0.2, 0.25) is 0 Å². The smallest absolute Gasteiger partial charge is 0.337 e. The zero-order valence-corrected chi connectivity index (χ0v) is 27.1. The standard InChI is InChI=1S/C20H44N.C14H10O6S/c1-5-7-8-9-10-11-12-13-14-15-16-17-18-19-20-21(3,4)6-2;15-13(16)9-5-1-3-7-11(9)21(19,20)12-8-4-2-6-10(12)14(17)18/h5-20H2,1-4H3;1-8H,(H,15,16)(H,17,18)/q+1;. The fraction of sp³-hybridized carbons (Fsp3) is 0.588. The normalized spacial score (nSPS) is 11.5. The third kappa shape index (κ3) is 14.0. The third-order valence-corrected chi connectivity index (χ3v) is 9.66. The summed E-state index contributed by atoms with van der Waals surface area (Å²) in [4.78, 5) is 21.4.